The molecule has 14 heavy (non-hydrogen) atoms. The molecule has 0 amide bonds. The van der Waals surface area contributed by atoms with Gasteiger partial charge in [-0.2, -0.15) is 15.0 Å². The van der Waals surface area contributed by atoms with Crippen LogP contribution in [-0.4, -0.2) is 15.0 Å². The van der Waals surface area contributed by atoms with E-state index in [1.54, 1.807) is 24.5 Å². The summed E-state index contributed by atoms with van der Waals surface area (Å²) < 4.78 is 12.5. The highest BCUT2D eigenvalue weighted by Crippen LogP contribution is 2.04. The normalized spacial score (nSPS) is 9.07. The molecule has 3 nitrogen and oxygen atoms in total. The summed E-state index contributed by atoms with van der Waals surface area (Å²) in [6.07, 6.45) is 3.15. The predicted octanol–water partition coefficient (Wildman–Crippen LogP) is 2.43. The first-order chi connectivity index (χ1) is 6.86. The number of hydrogen-bond acceptors (Lipinski definition) is 2. The van der Waals surface area contributed by atoms with Crippen molar-refractivity contribution < 1.29 is 4.39 Å². The fraction of sp³-hybridized carbons (Fsp3) is 0.200. The van der Waals surface area contributed by atoms with Crippen LogP contribution >= 0.6 is 0 Å². The molecule has 0 N–H and O–H groups in total. The van der Waals surface area contributed by atoms with Gasteiger partial charge in [0.15, 0.2) is 0 Å². The highest BCUT2D eigenvalue weighted by molar-refractivity contribution is 5.28. The molecule has 0 bridgehead atoms. The molecule has 0 saturated carbocycles. The zero-order valence-electron chi connectivity index (χ0n) is 8.18. The number of rotatable bonds is 1. The monoisotopic (exact) mass is 193 g/mol. The van der Waals surface area contributed by atoms with Crippen molar-refractivity contribution in [2.75, 3.05) is 0 Å². The second-order valence-corrected chi connectivity index (χ2v) is 2.29. The minimum Gasteiger partial charge on any atom is -0.207 e. The standard InChI is InChI=1S/C8H6FN3.C2H6/c9-7-1-3-8(4-2-7)12-10-5-6-11-12;1-2/h1-6H;1-2H3. The lowest BCUT2D eigenvalue weighted by atomic mass is 10.3. The van der Waals surface area contributed by atoms with Crippen LogP contribution in [0.3, 0.4) is 0 Å². The summed E-state index contributed by atoms with van der Waals surface area (Å²) in [6.45, 7) is 4.00. The molecule has 0 aliphatic carbocycles. The summed E-state index contributed by atoms with van der Waals surface area (Å²) in [4.78, 5) is 1.43. The van der Waals surface area contributed by atoms with Crippen molar-refractivity contribution in [2.24, 2.45) is 0 Å². The molecule has 4 heteroatoms. The molecule has 1 heterocycles. The summed E-state index contributed by atoms with van der Waals surface area (Å²) >= 11 is 0. The lowest BCUT2D eigenvalue weighted by molar-refractivity contribution is 0.626. The average Bonchev–Trinajstić information content (AvgIpc) is 2.75. The zero-order chi connectivity index (χ0) is 10.4. The van der Waals surface area contributed by atoms with Gasteiger partial charge in [-0.05, 0) is 24.3 Å². The zero-order valence-corrected chi connectivity index (χ0v) is 8.18. The van der Waals surface area contributed by atoms with Gasteiger partial charge in [0.1, 0.15) is 5.82 Å². The first-order valence-electron chi connectivity index (χ1n) is 4.48. The lowest BCUT2D eigenvalue weighted by Gasteiger charge is -1.96. The Morgan fingerprint density at radius 2 is 1.50 bits per heavy atom. The van der Waals surface area contributed by atoms with Gasteiger partial charge in [0.05, 0.1) is 18.1 Å². The van der Waals surface area contributed by atoms with E-state index in [1.807, 2.05) is 13.8 Å². The van der Waals surface area contributed by atoms with Crippen LogP contribution < -0.4 is 0 Å². The molecule has 2 aromatic rings. The van der Waals surface area contributed by atoms with Crippen LogP contribution in [0, 0.1) is 5.82 Å². The number of aromatic nitrogens is 3. The number of hydrogen-bond donors (Lipinski definition) is 0. The van der Waals surface area contributed by atoms with Crippen molar-refractivity contribution in [2.45, 2.75) is 13.8 Å². The molecule has 0 atom stereocenters. The quantitative estimate of drug-likeness (QED) is 0.696. The van der Waals surface area contributed by atoms with Crippen LogP contribution in [0.25, 0.3) is 5.69 Å². The van der Waals surface area contributed by atoms with E-state index in [0.717, 1.165) is 5.69 Å². The van der Waals surface area contributed by atoms with Crippen LogP contribution in [0.5, 0.6) is 0 Å². The topological polar surface area (TPSA) is 30.7 Å². The Morgan fingerprint density at radius 1 is 1.00 bits per heavy atom. The third-order valence-electron chi connectivity index (χ3n) is 1.48. The maximum atomic E-state index is 12.5. The van der Waals surface area contributed by atoms with Gasteiger partial charge in [-0.1, -0.05) is 13.8 Å². The van der Waals surface area contributed by atoms with Crippen LogP contribution in [0.1, 0.15) is 13.8 Å². The average molecular weight is 193 g/mol. The van der Waals surface area contributed by atoms with Gasteiger partial charge in [0, 0.05) is 0 Å². The molecule has 0 radical (unpaired) electrons. The van der Waals surface area contributed by atoms with Crippen molar-refractivity contribution in [3.05, 3.63) is 42.5 Å². The summed E-state index contributed by atoms with van der Waals surface area (Å²) in [5.74, 6) is -0.258. The Kier molecular flexibility index (Phi) is 3.79. The Hall–Kier alpha value is -1.71. The van der Waals surface area contributed by atoms with Crippen molar-refractivity contribution in [3.63, 3.8) is 0 Å². The summed E-state index contributed by atoms with van der Waals surface area (Å²) in [5, 5.41) is 7.80. The molecule has 0 fully saturated rings. The maximum absolute atomic E-state index is 12.5. The highest BCUT2D eigenvalue weighted by Gasteiger charge is 1.95. The highest BCUT2D eigenvalue weighted by atomic mass is 19.1. The van der Waals surface area contributed by atoms with Crippen molar-refractivity contribution in [1.82, 2.24) is 15.0 Å². The molecular formula is C10H12FN3. The first kappa shape index (κ1) is 10.4. The minimum atomic E-state index is -0.258. The Balaban J connectivity index is 0.000000461. The van der Waals surface area contributed by atoms with Gasteiger partial charge in [-0.15, -0.1) is 0 Å². The van der Waals surface area contributed by atoms with E-state index >= 15 is 0 Å². The van der Waals surface area contributed by atoms with E-state index in [9.17, 15) is 4.39 Å². The maximum Gasteiger partial charge on any atom is 0.123 e. The number of benzene rings is 1. The molecular weight excluding hydrogens is 181 g/mol. The Labute approximate surface area is 82.2 Å². The minimum absolute atomic E-state index is 0.258. The van der Waals surface area contributed by atoms with Gasteiger partial charge >= 0.3 is 0 Å². The van der Waals surface area contributed by atoms with Gasteiger partial charge in [-0.3, -0.25) is 0 Å². The summed E-state index contributed by atoms with van der Waals surface area (Å²) in [7, 11) is 0. The smallest absolute Gasteiger partial charge is 0.123 e. The van der Waals surface area contributed by atoms with E-state index in [-0.39, 0.29) is 5.82 Å². The molecule has 0 aliphatic rings. The Morgan fingerprint density at radius 3 is 2.00 bits per heavy atom. The molecule has 0 unspecified atom stereocenters. The van der Waals surface area contributed by atoms with E-state index < -0.39 is 0 Å². The second kappa shape index (κ2) is 5.11. The molecule has 1 aromatic heterocycles. The van der Waals surface area contributed by atoms with E-state index in [0.29, 0.717) is 0 Å². The molecule has 1 aromatic carbocycles. The molecule has 2 rings (SSSR count). The Bertz CT molecular complexity index is 353. The predicted molar refractivity (Wildman–Crippen MR) is 52.7 cm³/mol. The molecule has 0 saturated heterocycles. The molecule has 0 aliphatic heterocycles. The third-order valence-corrected chi connectivity index (χ3v) is 1.48. The van der Waals surface area contributed by atoms with Crippen LogP contribution in [0.4, 0.5) is 4.39 Å². The van der Waals surface area contributed by atoms with Gasteiger partial charge in [0.2, 0.25) is 0 Å². The van der Waals surface area contributed by atoms with Gasteiger partial charge < -0.3 is 0 Å². The third kappa shape index (κ3) is 2.39. The fourth-order valence-corrected chi connectivity index (χ4v) is 0.923. The fourth-order valence-electron chi connectivity index (χ4n) is 0.923. The van der Waals surface area contributed by atoms with E-state index in [1.165, 1.54) is 16.9 Å². The summed E-state index contributed by atoms with van der Waals surface area (Å²) in [6, 6.07) is 5.99. The molecule has 74 valence electrons. The van der Waals surface area contributed by atoms with Crippen molar-refractivity contribution >= 4 is 0 Å². The largest absolute Gasteiger partial charge is 0.207 e. The van der Waals surface area contributed by atoms with Gasteiger partial charge in [-0.25, -0.2) is 4.39 Å². The van der Waals surface area contributed by atoms with E-state index in [2.05, 4.69) is 10.2 Å². The van der Waals surface area contributed by atoms with E-state index in [4.69, 9.17) is 0 Å². The van der Waals surface area contributed by atoms with Crippen LogP contribution in [0.2, 0.25) is 0 Å². The van der Waals surface area contributed by atoms with Crippen molar-refractivity contribution in [3.8, 4) is 5.69 Å². The summed E-state index contributed by atoms with van der Waals surface area (Å²) in [5.41, 5.74) is 0.751. The first-order valence-corrected chi connectivity index (χ1v) is 4.48. The SMILES string of the molecule is CC.Fc1ccc(-n2nccn2)cc1. The number of halogens is 1. The van der Waals surface area contributed by atoms with Crippen LogP contribution in [-0.2, 0) is 0 Å². The van der Waals surface area contributed by atoms with Crippen LogP contribution in [0.15, 0.2) is 36.7 Å². The molecule has 0 spiro atoms. The van der Waals surface area contributed by atoms with Gasteiger partial charge in [0.25, 0.3) is 0 Å². The second-order valence-electron chi connectivity index (χ2n) is 2.29. The number of nitrogens with zero attached hydrogens (tertiary/aromatic N) is 3. The lowest BCUT2D eigenvalue weighted by Crippen LogP contribution is -1.97. The van der Waals surface area contributed by atoms with Crippen molar-refractivity contribution in [1.29, 1.82) is 0 Å².